The van der Waals surface area contributed by atoms with Gasteiger partial charge in [0.25, 0.3) is 0 Å². The average molecular weight is 238 g/mol. The van der Waals surface area contributed by atoms with Crippen LogP contribution in [0.15, 0.2) is 5.38 Å². The van der Waals surface area contributed by atoms with Gasteiger partial charge in [0.05, 0.1) is 17.1 Å². The van der Waals surface area contributed by atoms with Crippen molar-refractivity contribution in [1.82, 2.24) is 10.3 Å². The molecule has 1 N–H and O–H groups in total. The van der Waals surface area contributed by atoms with Crippen molar-refractivity contribution in [2.45, 2.75) is 32.5 Å². The van der Waals surface area contributed by atoms with Crippen molar-refractivity contribution in [1.29, 1.82) is 0 Å². The molecule has 1 heterocycles. The summed E-state index contributed by atoms with van der Waals surface area (Å²) in [5.74, 6) is 0. The van der Waals surface area contributed by atoms with E-state index in [0.29, 0.717) is 0 Å². The molecule has 1 aromatic rings. The van der Waals surface area contributed by atoms with Crippen LogP contribution in [0, 0.1) is 6.92 Å². The lowest BCUT2D eigenvalue weighted by atomic mass is 10.2. The van der Waals surface area contributed by atoms with Gasteiger partial charge in [0.15, 0.2) is 0 Å². The Bertz CT molecular complexity index is 309. The van der Waals surface area contributed by atoms with Crippen molar-refractivity contribution in [3.05, 3.63) is 16.1 Å². The number of hydrogen-bond donors (Lipinski definition) is 1. The fourth-order valence-corrected chi connectivity index (χ4v) is 1.82. The van der Waals surface area contributed by atoms with E-state index in [9.17, 15) is 13.2 Å². The highest BCUT2D eigenvalue weighted by molar-refractivity contribution is 7.09. The Balaban J connectivity index is 2.34. The lowest BCUT2D eigenvalue weighted by Crippen LogP contribution is -2.24. The molecule has 1 atom stereocenters. The third-order valence-electron chi connectivity index (χ3n) is 1.94. The van der Waals surface area contributed by atoms with E-state index in [4.69, 9.17) is 0 Å². The molecule has 0 saturated carbocycles. The van der Waals surface area contributed by atoms with Crippen molar-refractivity contribution in [2.75, 3.05) is 6.54 Å². The quantitative estimate of drug-likeness (QED) is 0.872. The van der Waals surface area contributed by atoms with Crippen LogP contribution in [0.1, 0.15) is 30.1 Å². The number of aromatic nitrogens is 1. The predicted molar refractivity (Wildman–Crippen MR) is 53.9 cm³/mol. The summed E-state index contributed by atoms with van der Waals surface area (Å²) < 4.78 is 35.6. The van der Waals surface area contributed by atoms with Crippen molar-refractivity contribution >= 4 is 11.3 Å². The number of hydrogen-bond acceptors (Lipinski definition) is 3. The molecule has 0 aliphatic heterocycles. The summed E-state index contributed by atoms with van der Waals surface area (Å²) in [7, 11) is 0. The Hall–Kier alpha value is -0.620. The Morgan fingerprint density at radius 2 is 2.20 bits per heavy atom. The normalized spacial score (nSPS) is 14.2. The predicted octanol–water partition coefficient (Wildman–Crippen LogP) is 3.05. The van der Waals surface area contributed by atoms with Gasteiger partial charge < -0.3 is 5.32 Å². The highest BCUT2D eigenvalue weighted by Gasteiger charge is 2.26. The van der Waals surface area contributed by atoms with Gasteiger partial charge in [-0.15, -0.1) is 11.3 Å². The highest BCUT2D eigenvalue weighted by atomic mass is 32.1. The summed E-state index contributed by atoms with van der Waals surface area (Å²) in [5, 5.41) is 5.58. The molecule has 15 heavy (non-hydrogen) atoms. The van der Waals surface area contributed by atoms with Gasteiger partial charge in [-0.05, 0) is 13.8 Å². The van der Waals surface area contributed by atoms with E-state index >= 15 is 0 Å². The van der Waals surface area contributed by atoms with E-state index in [1.54, 1.807) is 0 Å². The number of aryl methyl sites for hydroxylation is 1. The van der Waals surface area contributed by atoms with Crippen molar-refractivity contribution in [3.63, 3.8) is 0 Å². The van der Waals surface area contributed by atoms with Crippen LogP contribution in [0.4, 0.5) is 13.2 Å². The van der Waals surface area contributed by atoms with Gasteiger partial charge in [0.2, 0.25) is 0 Å². The Kier molecular flexibility index (Phi) is 4.10. The lowest BCUT2D eigenvalue weighted by Gasteiger charge is -2.12. The molecule has 1 rings (SSSR count). The van der Waals surface area contributed by atoms with Crippen LogP contribution in [-0.2, 0) is 0 Å². The largest absolute Gasteiger partial charge is 0.390 e. The zero-order valence-corrected chi connectivity index (χ0v) is 9.37. The first kappa shape index (κ1) is 12.4. The topological polar surface area (TPSA) is 24.9 Å². The zero-order chi connectivity index (χ0) is 11.5. The van der Waals surface area contributed by atoms with E-state index in [1.807, 2.05) is 19.2 Å². The van der Waals surface area contributed by atoms with Gasteiger partial charge in [0.1, 0.15) is 0 Å². The minimum atomic E-state index is -4.09. The minimum Gasteiger partial charge on any atom is -0.308 e. The number of rotatable bonds is 4. The number of nitrogens with one attached hydrogen (secondary N) is 1. The van der Waals surface area contributed by atoms with Crippen LogP contribution in [0.25, 0.3) is 0 Å². The van der Waals surface area contributed by atoms with Crippen molar-refractivity contribution in [2.24, 2.45) is 0 Å². The van der Waals surface area contributed by atoms with Crippen LogP contribution in [0.3, 0.4) is 0 Å². The first-order valence-corrected chi connectivity index (χ1v) is 5.48. The second-order valence-corrected chi connectivity index (χ2v) is 4.39. The SMILES string of the molecule is Cc1nc(C(C)NCCC(F)(F)F)cs1. The molecule has 0 radical (unpaired) electrons. The van der Waals surface area contributed by atoms with Crippen LogP contribution < -0.4 is 5.32 Å². The second kappa shape index (κ2) is 4.94. The zero-order valence-electron chi connectivity index (χ0n) is 8.56. The van der Waals surface area contributed by atoms with E-state index in [0.717, 1.165) is 10.7 Å². The summed E-state index contributed by atoms with van der Waals surface area (Å²) in [6, 6.07) is -0.128. The molecular formula is C9H13F3N2S. The minimum absolute atomic E-state index is 0.0682. The van der Waals surface area contributed by atoms with Gasteiger partial charge in [-0.2, -0.15) is 13.2 Å². The number of alkyl halides is 3. The van der Waals surface area contributed by atoms with E-state index in [2.05, 4.69) is 10.3 Å². The maximum atomic E-state index is 11.9. The first-order valence-electron chi connectivity index (χ1n) is 4.60. The maximum Gasteiger partial charge on any atom is 0.390 e. The van der Waals surface area contributed by atoms with Gasteiger partial charge >= 0.3 is 6.18 Å². The molecule has 0 aliphatic carbocycles. The van der Waals surface area contributed by atoms with Crippen LogP contribution in [-0.4, -0.2) is 17.7 Å². The molecule has 1 aromatic heterocycles. The number of thiazole rings is 1. The molecule has 86 valence electrons. The summed E-state index contributed by atoms with van der Waals surface area (Å²) in [4.78, 5) is 4.20. The lowest BCUT2D eigenvalue weighted by molar-refractivity contribution is -0.133. The molecular weight excluding hydrogens is 225 g/mol. The van der Waals surface area contributed by atoms with Crippen LogP contribution in [0.5, 0.6) is 0 Å². The molecule has 0 fully saturated rings. The van der Waals surface area contributed by atoms with Crippen LogP contribution in [0.2, 0.25) is 0 Å². The maximum absolute atomic E-state index is 11.9. The summed E-state index contributed by atoms with van der Waals surface area (Å²) in [6.45, 7) is 3.61. The molecule has 6 heteroatoms. The summed E-state index contributed by atoms with van der Waals surface area (Å²) >= 11 is 1.50. The standard InChI is InChI=1S/C9H13F3N2S/c1-6(8-5-15-7(2)14-8)13-4-3-9(10,11)12/h5-6,13H,3-4H2,1-2H3. The van der Waals surface area contributed by atoms with Gasteiger partial charge in [-0.1, -0.05) is 0 Å². The molecule has 0 amide bonds. The Morgan fingerprint density at radius 1 is 1.53 bits per heavy atom. The third kappa shape index (κ3) is 4.61. The van der Waals surface area contributed by atoms with E-state index in [1.165, 1.54) is 11.3 Å². The average Bonchev–Trinajstić information content (AvgIpc) is 2.49. The van der Waals surface area contributed by atoms with Gasteiger partial charge in [-0.25, -0.2) is 4.98 Å². The smallest absolute Gasteiger partial charge is 0.308 e. The van der Waals surface area contributed by atoms with Gasteiger partial charge in [0, 0.05) is 18.0 Å². The number of nitrogens with zero attached hydrogens (tertiary/aromatic N) is 1. The molecule has 0 aliphatic rings. The molecule has 0 saturated heterocycles. The molecule has 0 bridgehead atoms. The monoisotopic (exact) mass is 238 g/mol. The van der Waals surface area contributed by atoms with E-state index < -0.39 is 12.6 Å². The highest BCUT2D eigenvalue weighted by Crippen LogP contribution is 2.20. The fraction of sp³-hybridized carbons (Fsp3) is 0.667. The van der Waals surface area contributed by atoms with Gasteiger partial charge in [-0.3, -0.25) is 0 Å². The van der Waals surface area contributed by atoms with Crippen molar-refractivity contribution < 1.29 is 13.2 Å². The molecule has 2 nitrogen and oxygen atoms in total. The first-order chi connectivity index (χ1) is 6.88. The molecule has 0 spiro atoms. The fourth-order valence-electron chi connectivity index (χ4n) is 1.11. The van der Waals surface area contributed by atoms with E-state index in [-0.39, 0.29) is 12.6 Å². The number of halogens is 3. The molecule has 0 aromatic carbocycles. The molecule has 1 unspecified atom stereocenters. The van der Waals surface area contributed by atoms with Crippen molar-refractivity contribution in [3.8, 4) is 0 Å². The second-order valence-electron chi connectivity index (χ2n) is 3.33. The van der Waals surface area contributed by atoms with Crippen LogP contribution >= 0.6 is 11.3 Å². The Labute approximate surface area is 90.5 Å². The Morgan fingerprint density at radius 3 is 2.67 bits per heavy atom. The summed E-state index contributed by atoms with van der Waals surface area (Å²) in [5.41, 5.74) is 0.805. The summed E-state index contributed by atoms with van der Waals surface area (Å²) in [6.07, 6.45) is -4.90. The third-order valence-corrected chi connectivity index (χ3v) is 2.73.